The number of likely N-dealkylation sites (tertiary alicyclic amines) is 2. The lowest BCUT2D eigenvalue weighted by Gasteiger charge is -2.38. The molecule has 2 saturated heterocycles. The average molecular weight is 240 g/mol. The van der Waals surface area contributed by atoms with Crippen LogP contribution in [0.15, 0.2) is 0 Å². The molecule has 0 spiro atoms. The summed E-state index contributed by atoms with van der Waals surface area (Å²) in [6.07, 6.45) is 5.11. The number of methoxy groups -OCH3 is 1. The van der Waals surface area contributed by atoms with Crippen LogP contribution in [0.5, 0.6) is 0 Å². The summed E-state index contributed by atoms with van der Waals surface area (Å²) in [5.74, 6) is -0.107. The standard InChI is InChI=1S/C13H24N2O2/c1-11(13(16)17-2)14-9-5-12(6-10-14)15-7-3-4-8-15/h11-12H,3-10H2,1-2H3/t11-/m0/s1. The number of hydrogen-bond acceptors (Lipinski definition) is 4. The molecule has 0 aromatic heterocycles. The molecule has 0 aromatic carbocycles. The topological polar surface area (TPSA) is 32.8 Å². The second-order valence-corrected chi connectivity index (χ2v) is 5.21. The Bertz CT molecular complexity index is 256. The Hall–Kier alpha value is -0.610. The van der Waals surface area contributed by atoms with Gasteiger partial charge in [-0.1, -0.05) is 0 Å². The van der Waals surface area contributed by atoms with Gasteiger partial charge in [-0.05, 0) is 45.7 Å². The number of esters is 1. The molecule has 17 heavy (non-hydrogen) atoms. The van der Waals surface area contributed by atoms with Gasteiger partial charge in [-0.15, -0.1) is 0 Å². The van der Waals surface area contributed by atoms with Crippen LogP contribution < -0.4 is 0 Å². The van der Waals surface area contributed by atoms with E-state index in [9.17, 15) is 4.79 Å². The Kier molecular flexibility index (Phi) is 4.40. The van der Waals surface area contributed by atoms with Crippen molar-refractivity contribution in [1.82, 2.24) is 9.80 Å². The highest BCUT2D eigenvalue weighted by Crippen LogP contribution is 2.22. The van der Waals surface area contributed by atoms with Gasteiger partial charge >= 0.3 is 5.97 Å². The van der Waals surface area contributed by atoms with E-state index in [0.717, 1.165) is 19.1 Å². The van der Waals surface area contributed by atoms with Crippen LogP contribution in [0.25, 0.3) is 0 Å². The highest BCUT2D eigenvalue weighted by atomic mass is 16.5. The fraction of sp³-hybridized carbons (Fsp3) is 0.923. The normalized spacial score (nSPS) is 26.0. The molecule has 4 heteroatoms. The van der Waals surface area contributed by atoms with Crippen molar-refractivity contribution in [1.29, 1.82) is 0 Å². The molecule has 0 amide bonds. The second-order valence-electron chi connectivity index (χ2n) is 5.21. The van der Waals surface area contributed by atoms with Crippen LogP contribution >= 0.6 is 0 Å². The zero-order valence-corrected chi connectivity index (χ0v) is 11.0. The van der Waals surface area contributed by atoms with Crippen molar-refractivity contribution in [3.05, 3.63) is 0 Å². The minimum Gasteiger partial charge on any atom is -0.468 e. The van der Waals surface area contributed by atoms with Crippen LogP contribution in [0, 0.1) is 0 Å². The van der Waals surface area contributed by atoms with E-state index < -0.39 is 0 Å². The number of ether oxygens (including phenoxy) is 1. The first kappa shape index (κ1) is 12.8. The van der Waals surface area contributed by atoms with Gasteiger partial charge in [0.2, 0.25) is 0 Å². The molecular formula is C13H24N2O2. The summed E-state index contributed by atoms with van der Waals surface area (Å²) in [4.78, 5) is 16.3. The van der Waals surface area contributed by atoms with Crippen molar-refractivity contribution in [2.75, 3.05) is 33.3 Å². The van der Waals surface area contributed by atoms with Gasteiger partial charge < -0.3 is 9.64 Å². The predicted octanol–water partition coefficient (Wildman–Crippen LogP) is 1.11. The maximum absolute atomic E-state index is 11.5. The highest BCUT2D eigenvalue weighted by molar-refractivity contribution is 5.75. The maximum Gasteiger partial charge on any atom is 0.322 e. The van der Waals surface area contributed by atoms with Crippen molar-refractivity contribution < 1.29 is 9.53 Å². The molecule has 2 fully saturated rings. The molecule has 0 saturated carbocycles. The molecule has 2 heterocycles. The molecule has 1 atom stereocenters. The summed E-state index contributed by atoms with van der Waals surface area (Å²) in [7, 11) is 1.47. The quantitative estimate of drug-likeness (QED) is 0.692. The zero-order chi connectivity index (χ0) is 12.3. The van der Waals surface area contributed by atoms with Crippen LogP contribution in [0.1, 0.15) is 32.6 Å². The molecule has 2 aliphatic rings. The Balaban J connectivity index is 1.79. The Morgan fingerprint density at radius 3 is 2.29 bits per heavy atom. The fourth-order valence-corrected chi connectivity index (χ4v) is 3.06. The molecule has 0 unspecified atom stereocenters. The third-order valence-corrected chi connectivity index (χ3v) is 4.25. The van der Waals surface area contributed by atoms with Gasteiger partial charge in [0.05, 0.1) is 7.11 Å². The Morgan fingerprint density at radius 2 is 1.76 bits per heavy atom. The molecule has 0 aliphatic carbocycles. The molecule has 4 nitrogen and oxygen atoms in total. The van der Waals surface area contributed by atoms with E-state index in [-0.39, 0.29) is 12.0 Å². The lowest BCUT2D eigenvalue weighted by molar-refractivity contribution is -0.146. The van der Waals surface area contributed by atoms with Crippen LogP contribution in [0.3, 0.4) is 0 Å². The third kappa shape index (κ3) is 2.99. The Labute approximate surface area is 104 Å². The van der Waals surface area contributed by atoms with Gasteiger partial charge in [0.1, 0.15) is 6.04 Å². The smallest absolute Gasteiger partial charge is 0.322 e. The van der Waals surface area contributed by atoms with Crippen LogP contribution in [0.4, 0.5) is 0 Å². The SMILES string of the molecule is COC(=O)[C@H](C)N1CCC(N2CCCC2)CC1. The second kappa shape index (κ2) is 5.83. The van der Waals surface area contributed by atoms with E-state index in [1.165, 1.54) is 45.9 Å². The van der Waals surface area contributed by atoms with Crippen molar-refractivity contribution in [3.63, 3.8) is 0 Å². The average Bonchev–Trinajstić information content (AvgIpc) is 2.91. The number of hydrogen-bond donors (Lipinski definition) is 0. The van der Waals surface area contributed by atoms with Gasteiger partial charge in [0, 0.05) is 19.1 Å². The largest absolute Gasteiger partial charge is 0.468 e. The monoisotopic (exact) mass is 240 g/mol. The van der Waals surface area contributed by atoms with E-state index >= 15 is 0 Å². The molecule has 98 valence electrons. The van der Waals surface area contributed by atoms with Crippen molar-refractivity contribution >= 4 is 5.97 Å². The molecular weight excluding hydrogens is 216 g/mol. The molecule has 0 bridgehead atoms. The lowest BCUT2D eigenvalue weighted by Crippen LogP contribution is -2.49. The number of piperidine rings is 1. The van der Waals surface area contributed by atoms with Gasteiger partial charge in [-0.3, -0.25) is 9.69 Å². The highest BCUT2D eigenvalue weighted by Gasteiger charge is 2.30. The van der Waals surface area contributed by atoms with E-state index in [0.29, 0.717) is 0 Å². The Morgan fingerprint density at radius 1 is 1.18 bits per heavy atom. The summed E-state index contributed by atoms with van der Waals surface area (Å²) in [5.41, 5.74) is 0. The first-order valence-electron chi connectivity index (χ1n) is 6.78. The summed E-state index contributed by atoms with van der Waals surface area (Å²) >= 11 is 0. The number of carbonyl (C=O) groups excluding carboxylic acids is 1. The van der Waals surface area contributed by atoms with Crippen molar-refractivity contribution in [2.45, 2.75) is 44.7 Å². The van der Waals surface area contributed by atoms with Crippen molar-refractivity contribution in [3.8, 4) is 0 Å². The van der Waals surface area contributed by atoms with Crippen LogP contribution in [-0.4, -0.2) is 61.1 Å². The van der Waals surface area contributed by atoms with E-state index in [1.54, 1.807) is 0 Å². The van der Waals surface area contributed by atoms with E-state index in [2.05, 4.69) is 9.80 Å². The molecule has 2 rings (SSSR count). The first-order chi connectivity index (χ1) is 8.22. The molecule has 0 N–H and O–H groups in total. The van der Waals surface area contributed by atoms with Crippen LogP contribution in [0.2, 0.25) is 0 Å². The van der Waals surface area contributed by atoms with Gasteiger partial charge in [0.25, 0.3) is 0 Å². The predicted molar refractivity (Wildman–Crippen MR) is 66.9 cm³/mol. The number of carbonyl (C=O) groups is 1. The van der Waals surface area contributed by atoms with Gasteiger partial charge in [-0.25, -0.2) is 0 Å². The van der Waals surface area contributed by atoms with Crippen molar-refractivity contribution in [2.24, 2.45) is 0 Å². The summed E-state index contributed by atoms with van der Waals surface area (Å²) in [5, 5.41) is 0. The zero-order valence-electron chi connectivity index (χ0n) is 11.0. The number of nitrogens with zero attached hydrogens (tertiary/aromatic N) is 2. The molecule has 0 aromatic rings. The first-order valence-corrected chi connectivity index (χ1v) is 6.78. The summed E-state index contributed by atoms with van der Waals surface area (Å²) in [6.45, 7) is 6.55. The third-order valence-electron chi connectivity index (χ3n) is 4.25. The van der Waals surface area contributed by atoms with E-state index in [4.69, 9.17) is 4.74 Å². The summed E-state index contributed by atoms with van der Waals surface area (Å²) in [6, 6.07) is 0.665. The maximum atomic E-state index is 11.5. The van der Waals surface area contributed by atoms with Crippen LogP contribution in [-0.2, 0) is 9.53 Å². The number of rotatable bonds is 3. The minimum absolute atomic E-state index is 0.0838. The minimum atomic E-state index is -0.107. The van der Waals surface area contributed by atoms with Gasteiger partial charge in [-0.2, -0.15) is 0 Å². The molecule has 0 radical (unpaired) electrons. The summed E-state index contributed by atoms with van der Waals surface area (Å²) < 4.78 is 4.80. The fourth-order valence-electron chi connectivity index (χ4n) is 3.06. The lowest BCUT2D eigenvalue weighted by atomic mass is 10.0. The van der Waals surface area contributed by atoms with Gasteiger partial charge in [0.15, 0.2) is 0 Å². The molecule has 2 aliphatic heterocycles. The van der Waals surface area contributed by atoms with E-state index in [1.807, 2.05) is 6.92 Å².